The standard InChI is InChI=1S/C27H22N2O5/c1-33-27(32)20-10-6-19(7-11-20)17-34-23-12-8-18(9-13-23)16-28-29-26(31)24-14-21-4-2-3-5-22(21)15-25(24)30/h2-16,30H,17H2,1H3,(H,29,31)/b28-16-. The number of esters is 1. The summed E-state index contributed by atoms with van der Waals surface area (Å²) in [6.45, 7) is 0.347. The minimum atomic E-state index is -0.502. The maximum Gasteiger partial charge on any atom is 0.337 e. The van der Waals surface area contributed by atoms with E-state index >= 15 is 0 Å². The SMILES string of the molecule is COC(=O)c1ccc(COc2ccc(/C=N\NC(=O)c3cc4ccccc4cc3O)cc2)cc1. The number of hydrogen-bond donors (Lipinski definition) is 2. The molecule has 0 saturated heterocycles. The van der Waals surface area contributed by atoms with Crippen LogP contribution >= 0.6 is 0 Å². The molecule has 4 rings (SSSR count). The molecule has 0 heterocycles. The van der Waals surface area contributed by atoms with E-state index in [-0.39, 0.29) is 17.3 Å². The van der Waals surface area contributed by atoms with E-state index in [0.29, 0.717) is 17.9 Å². The second kappa shape index (κ2) is 10.3. The molecule has 1 amide bonds. The third kappa shape index (κ3) is 5.39. The average molecular weight is 454 g/mol. The van der Waals surface area contributed by atoms with Crippen molar-refractivity contribution >= 4 is 28.9 Å². The number of methoxy groups -OCH3 is 1. The van der Waals surface area contributed by atoms with Crippen LogP contribution in [-0.2, 0) is 11.3 Å². The minimum Gasteiger partial charge on any atom is -0.507 e. The molecule has 0 bridgehead atoms. The highest BCUT2D eigenvalue weighted by molar-refractivity contribution is 6.01. The zero-order valence-electron chi connectivity index (χ0n) is 18.4. The second-order valence-electron chi connectivity index (χ2n) is 7.46. The molecule has 0 saturated carbocycles. The van der Waals surface area contributed by atoms with Crippen molar-refractivity contribution in [3.63, 3.8) is 0 Å². The largest absolute Gasteiger partial charge is 0.507 e. The Morgan fingerprint density at radius 3 is 2.29 bits per heavy atom. The van der Waals surface area contributed by atoms with Gasteiger partial charge in [0.15, 0.2) is 0 Å². The van der Waals surface area contributed by atoms with Crippen molar-refractivity contribution in [3.8, 4) is 11.5 Å². The van der Waals surface area contributed by atoms with Crippen molar-refractivity contribution in [3.05, 3.63) is 107 Å². The maximum absolute atomic E-state index is 12.4. The number of phenols is 1. The van der Waals surface area contributed by atoms with Crippen molar-refractivity contribution in [1.29, 1.82) is 0 Å². The van der Waals surface area contributed by atoms with Crippen molar-refractivity contribution < 1.29 is 24.2 Å². The van der Waals surface area contributed by atoms with E-state index in [0.717, 1.165) is 21.9 Å². The number of amides is 1. The van der Waals surface area contributed by atoms with Gasteiger partial charge in [-0.05, 0) is 70.4 Å². The first-order valence-electron chi connectivity index (χ1n) is 10.5. The molecule has 0 atom stereocenters. The summed E-state index contributed by atoms with van der Waals surface area (Å²) < 4.78 is 10.5. The normalized spacial score (nSPS) is 10.9. The Bertz CT molecular complexity index is 1350. The molecule has 0 aliphatic heterocycles. The van der Waals surface area contributed by atoms with Gasteiger partial charge in [0, 0.05) is 0 Å². The summed E-state index contributed by atoms with van der Waals surface area (Å²) in [5.74, 6) is -0.320. The van der Waals surface area contributed by atoms with Gasteiger partial charge in [0.1, 0.15) is 18.1 Å². The fourth-order valence-electron chi connectivity index (χ4n) is 3.31. The van der Waals surface area contributed by atoms with E-state index in [9.17, 15) is 14.7 Å². The lowest BCUT2D eigenvalue weighted by Gasteiger charge is -2.07. The van der Waals surface area contributed by atoms with Crippen LogP contribution in [0.15, 0.2) is 90.0 Å². The number of benzene rings is 4. The van der Waals surface area contributed by atoms with Gasteiger partial charge in [0.25, 0.3) is 5.91 Å². The predicted molar refractivity (Wildman–Crippen MR) is 129 cm³/mol. The van der Waals surface area contributed by atoms with E-state index in [1.807, 2.05) is 36.4 Å². The number of nitrogens with one attached hydrogen (secondary N) is 1. The summed E-state index contributed by atoms with van der Waals surface area (Å²) in [6.07, 6.45) is 1.51. The summed E-state index contributed by atoms with van der Waals surface area (Å²) in [5.41, 5.74) is 4.75. The highest BCUT2D eigenvalue weighted by atomic mass is 16.5. The van der Waals surface area contributed by atoms with E-state index in [1.54, 1.807) is 48.5 Å². The number of hydrogen-bond acceptors (Lipinski definition) is 6. The van der Waals surface area contributed by atoms with Crippen LogP contribution in [-0.4, -0.2) is 30.3 Å². The molecule has 0 aromatic heterocycles. The molecule has 0 spiro atoms. The second-order valence-corrected chi connectivity index (χ2v) is 7.46. The van der Waals surface area contributed by atoms with Gasteiger partial charge in [-0.3, -0.25) is 4.79 Å². The van der Waals surface area contributed by atoms with Gasteiger partial charge in [-0.1, -0.05) is 36.4 Å². The Balaban J connectivity index is 1.32. The number of hydrazone groups is 1. The lowest BCUT2D eigenvalue weighted by Crippen LogP contribution is -2.17. The van der Waals surface area contributed by atoms with Crippen molar-refractivity contribution in [2.75, 3.05) is 7.11 Å². The van der Waals surface area contributed by atoms with Gasteiger partial charge in [0.2, 0.25) is 0 Å². The molecule has 0 unspecified atom stereocenters. The van der Waals surface area contributed by atoms with Crippen molar-refractivity contribution in [2.24, 2.45) is 5.10 Å². The zero-order chi connectivity index (χ0) is 23.9. The quantitative estimate of drug-likeness (QED) is 0.240. The number of aromatic hydroxyl groups is 1. The molecule has 4 aromatic rings. The monoisotopic (exact) mass is 454 g/mol. The lowest BCUT2D eigenvalue weighted by atomic mass is 10.1. The summed E-state index contributed by atoms with van der Waals surface area (Å²) in [7, 11) is 1.34. The summed E-state index contributed by atoms with van der Waals surface area (Å²) in [5, 5.41) is 15.8. The fourth-order valence-corrected chi connectivity index (χ4v) is 3.31. The van der Waals surface area contributed by atoms with Crippen LogP contribution in [0.1, 0.15) is 31.8 Å². The van der Waals surface area contributed by atoms with Gasteiger partial charge in [-0.15, -0.1) is 0 Å². The smallest absolute Gasteiger partial charge is 0.337 e. The zero-order valence-corrected chi connectivity index (χ0v) is 18.4. The third-order valence-electron chi connectivity index (χ3n) is 5.15. The number of carbonyl (C=O) groups is 2. The number of rotatable bonds is 7. The van der Waals surface area contributed by atoms with Crippen molar-refractivity contribution in [2.45, 2.75) is 6.61 Å². The van der Waals surface area contributed by atoms with Gasteiger partial charge >= 0.3 is 5.97 Å². The average Bonchev–Trinajstić information content (AvgIpc) is 2.87. The van der Waals surface area contributed by atoms with E-state index in [2.05, 4.69) is 15.3 Å². The lowest BCUT2D eigenvalue weighted by molar-refractivity contribution is 0.0600. The molecule has 4 aromatic carbocycles. The number of phenolic OH excluding ortho intramolecular Hbond substituents is 1. The van der Waals surface area contributed by atoms with Crippen LogP contribution in [0.5, 0.6) is 11.5 Å². The molecule has 34 heavy (non-hydrogen) atoms. The Kier molecular flexibility index (Phi) is 6.84. The molecule has 2 N–H and O–H groups in total. The molecule has 7 heteroatoms. The fraction of sp³-hybridized carbons (Fsp3) is 0.0741. The number of ether oxygens (including phenoxy) is 2. The van der Waals surface area contributed by atoms with Crippen LogP contribution in [0.3, 0.4) is 0 Å². The highest BCUT2D eigenvalue weighted by Crippen LogP contribution is 2.24. The summed E-state index contributed by atoms with van der Waals surface area (Å²) in [6, 6.07) is 24.8. The Hall–Kier alpha value is -4.65. The van der Waals surface area contributed by atoms with Crippen LogP contribution in [0, 0.1) is 0 Å². The van der Waals surface area contributed by atoms with Crippen LogP contribution in [0.2, 0.25) is 0 Å². The van der Waals surface area contributed by atoms with Gasteiger partial charge < -0.3 is 14.6 Å². The third-order valence-corrected chi connectivity index (χ3v) is 5.15. The molecule has 0 radical (unpaired) electrons. The first-order chi connectivity index (χ1) is 16.5. The van der Waals surface area contributed by atoms with Crippen LogP contribution in [0.25, 0.3) is 10.8 Å². The van der Waals surface area contributed by atoms with E-state index in [4.69, 9.17) is 4.74 Å². The van der Waals surface area contributed by atoms with E-state index < -0.39 is 5.91 Å². The minimum absolute atomic E-state index is 0.104. The molecule has 7 nitrogen and oxygen atoms in total. The van der Waals surface area contributed by atoms with Gasteiger partial charge in [-0.2, -0.15) is 5.10 Å². The summed E-state index contributed by atoms with van der Waals surface area (Å²) in [4.78, 5) is 23.9. The van der Waals surface area contributed by atoms with Crippen LogP contribution in [0.4, 0.5) is 0 Å². The molecule has 170 valence electrons. The predicted octanol–water partition coefficient (Wildman–Crippen LogP) is 4.67. The molecular formula is C27H22N2O5. The molecular weight excluding hydrogens is 432 g/mol. The number of fused-ring (bicyclic) bond motifs is 1. The first kappa shape index (κ1) is 22.5. The maximum atomic E-state index is 12.4. The molecule has 0 aliphatic rings. The Labute approximate surface area is 196 Å². The van der Waals surface area contributed by atoms with Gasteiger partial charge in [0.05, 0.1) is 24.5 Å². The van der Waals surface area contributed by atoms with Gasteiger partial charge in [-0.25, -0.2) is 10.2 Å². The van der Waals surface area contributed by atoms with Crippen molar-refractivity contribution in [1.82, 2.24) is 5.43 Å². The first-order valence-corrected chi connectivity index (χ1v) is 10.5. The Morgan fingerprint density at radius 1 is 0.941 bits per heavy atom. The number of nitrogens with zero attached hydrogens (tertiary/aromatic N) is 1. The Morgan fingerprint density at radius 2 is 1.62 bits per heavy atom. The molecule has 0 fully saturated rings. The topological polar surface area (TPSA) is 97.2 Å². The molecule has 0 aliphatic carbocycles. The van der Waals surface area contributed by atoms with Crippen LogP contribution < -0.4 is 10.2 Å². The number of carbonyl (C=O) groups excluding carboxylic acids is 2. The van der Waals surface area contributed by atoms with E-state index in [1.165, 1.54) is 13.3 Å². The highest BCUT2D eigenvalue weighted by Gasteiger charge is 2.11. The summed E-state index contributed by atoms with van der Waals surface area (Å²) >= 11 is 0.